The van der Waals surface area contributed by atoms with E-state index in [1.165, 1.54) is 25.7 Å². The van der Waals surface area contributed by atoms with Crippen molar-refractivity contribution in [3.8, 4) is 0 Å². The molecule has 2 fully saturated rings. The fourth-order valence-corrected chi connectivity index (χ4v) is 4.59. The maximum absolute atomic E-state index is 12.1. The molecule has 2 heterocycles. The van der Waals surface area contributed by atoms with Crippen molar-refractivity contribution in [1.29, 1.82) is 0 Å². The second kappa shape index (κ2) is 5.34. The van der Waals surface area contributed by atoms with Crippen molar-refractivity contribution < 1.29 is 4.74 Å². The quantitative estimate of drug-likeness (QED) is 0.767. The first-order valence-electron chi connectivity index (χ1n) is 6.81. The summed E-state index contributed by atoms with van der Waals surface area (Å²) in [6.07, 6.45) is 9.21. The molecule has 1 atom stereocenters. The second-order valence-corrected chi connectivity index (χ2v) is 7.40. The van der Waals surface area contributed by atoms with Crippen molar-refractivity contribution in [2.24, 2.45) is 0 Å². The largest absolute Gasteiger partial charge is 0.370 e. The van der Waals surface area contributed by atoms with Crippen molar-refractivity contribution in [2.45, 2.75) is 56.8 Å². The lowest BCUT2D eigenvalue weighted by molar-refractivity contribution is -0.0421. The van der Waals surface area contributed by atoms with Crippen molar-refractivity contribution in [3.05, 3.63) is 31.6 Å². The van der Waals surface area contributed by atoms with Gasteiger partial charge >= 0.3 is 0 Å². The number of halogens is 2. The lowest BCUT2D eigenvalue weighted by atomic mass is 9.98. The van der Waals surface area contributed by atoms with Crippen LogP contribution in [0.25, 0.3) is 0 Å². The van der Waals surface area contributed by atoms with Crippen LogP contribution in [-0.2, 0) is 11.3 Å². The van der Waals surface area contributed by atoms with Crippen LogP contribution < -0.4 is 5.56 Å². The monoisotopic (exact) mass is 389 g/mol. The summed E-state index contributed by atoms with van der Waals surface area (Å²) in [6, 6.07) is 1.78. The van der Waals surface area contributed by atoms with Crippen LogP contribution in [0.3, 0.4) is 0 Å². The van der Waals surface area contributed by atoms with Crippen molar-refractivity contribution in [1.82, 2.24) is 4.57 Å². The van der Waals surface area contributed by atoms with Gasteiger partial charge in [0.2, 0.25) is 0 Å². The topological polar surface area (TPSA) is 31.2 Å². The van der Waals surface area contributed by atoms with Gasteiger partial charge in [-0.15, -0.1) is 0 Å². The van der Waals surface area contributed by atoms with Crippen LogP contribution in [0.15, 0.2) is 26.0 Å². The Bertz CT molecular complexity index is 535. The highest BCUT2D eigenvalue weighted by molar-refractivity contribution is 9.11. The number of aromatic nitrogens is 1. The number of ether oxygens (including phenoxy) is 1. The molecule has 19 heavy (non-hydrogen) atoms. The minimum Gasteiger partial charge on any atom is -0.370 e. The zero-order chi connectivity index (χ0) is 13.5. The molecular formula is C14H17Br2NO2. The molecule has 1 aromatic heterocycles. The van der Waals surface area contributed by atoms with Crippen LogP contribution in [0, 0.1) is 0 Å². The molecular weight excluding hydrogens is 374 g/mol. The van der Waals surface area contributed by atoms with Gasteiger partial charge in [0.15, 0.2) is 0 Å². The van der Waals surface area contributed by atoms with Crippen LogP contribution in [-0.4, -0.2) is 16.3 Å². The zero-order valence-corrected chi connectivity index (χ0v) is 13.9. The van der Waals surface area contributed by atoms with E-state index >= 15 is 0 Å². The Morgan fingerprint density at radius 1 is 1.32 bits per heavy atom. The SMILES string of the molecule is O=c1c(Br)cc(Br)cn1CC1CCC2(CCCC2)O1. The first-order valence-corrected chi connectivity index (χ1v) is 8.40. The molecule has 0 radical (unpaired) electrons. The fraction of sp³-hybridized carbons (Fsp3) is 0.643. The second-order valence-electron chi connectivity index (χ2n) is 5.63. The summed E-state index contributed by atoms with van der Waals surface area (Å²) >= 11 is 6.73. The van der Waals surface area contributed by atoms with Crippen molar-refractivity contribution >= 4 is 31.9 Å². The highest BCUT2D eigenvalue weighted by Crippen LogP contribution is 2.43. The molecule has 0 aromatic carbocycles. The maximum atomic E-state index is 12.1. The molecule has 1 aromatic rings. The number of hydrogen-bond acceptors (Lipinski definition) is 2. The van der Waals surface area contributed by atoms with Gasteiger partial charge in [-0.2, -0.15) is 0 Å². The first kappa shape index (κ1) is 13.8. The van der Waals surface area contributed by atoms with Gasteiger partial charge < -0.3 is 9.30 Å². The summed E-state index contributed by atoms with van der Waals surface area (Å²) in [4.78, 5) is 12.1. The molecule has 104 valence electrons. The molecule has 0 amide bonds. The molecule has 1 saturated heterocycles. The molecule has 3 nitrogen and oxygen atoms in total. The lowest BCUT2D eigenvalue weighted by Crippen LogP contribution is -2.30. The molecule has 1 aliphatic carbocycles. The van der Waals surface area contributed by atoms with E-state index in [1.54, 1.807) is 10.6 Å². The Morgan fingerprint density at radius 3 is 2.79 bits per heavy atom. The molecule has 1 unspecified atom stereocenters. The summed E-state index contributed by atoms with van der Waals surface area (Å²) in [7, 11) is 0. The summed E-state index contributed by atoms with van der Waals surface area (Å²) in [6.45, 7) is 0.651. The normalized spacial score (nSPS) is 25.3. The van der Waals surface area contributed by atoms with E-state index in [9.17, 15) is 4.79 Å². The number of nitrogens with zero attached hydrogens (tertiary/aromatic N) is 1. The standard InChI is InChI=1S/C14H17Br2NO2/c15-10-7-12(16)13(18)17(8-10)9-11-3-6-14(19-11)4-1-2-5-14/h7-8,11H,1-6,9H2. The van der Waals surface area contributed by atoms with Crippen LogP contribution in [0.5, 0.6) is 0 Å². The van der Waals surface area contributed by atoms with E-state index in [0.29, 0.717) is 11.0 Å². The smallest absolute Gasteiger partial charge is 0.264 e. The molecule has 1 aliphatic heterocycles. The van der Waals surface area contributed by atoms with Crippen LogP contribution >= 0.6 is 31.9 Å². The van der Waals surface area contributed by atoms with E-state index in [0.717, 1.165) is 17.3 Å². The first-order chi connectivity index (χ1) is 9.08. The molecule has 2 aliphatic rings. The summed E-state index contributed by atoms with van der Waals surface area (Å²) in [5.74, 6) is 0. The Morgan fingerprint density at radius 2 is 2.05 bits per heavy atom. The van der Waals surface area contributed by atoms with E-state index in [4.69, 9.17) is 4.74 Å². The zero-order valence-electron chi connectivity index (χ0n) is 10.7. The Kier molecular flexibility index (Phi) is 3.89. The van der Waals surface area contributed by atoms with Crippen LogP contribution in [0.2, 0.25) is 0 Å². The highest BCUT2D eigenvalue weighted by Gasteiger charge is 2.42. The Hall–Kier alpha value is -0.130. The summed E-state index contributed by atoms with van der Waals surface area (Å²) < 4.78 is 9.50. The van der Waals surface area contributed by atoms with Gasteiger partial charge in [-0.3, -0.25) is 4.79 Å². The number of hydrogen-bond donors (Lipinski definition) is 0. The van der Waals surface area contributed by atoms with Gasteiger partial charge in [-0.05, 0) is 63.6 Å². The lowest BCUT2D eigenvalue weighted by Gasteiger charge is -2.24. The van der Waals surface area contributed by atoms with Crippen molar-refractivity contribution in [2.75, 3.05) is 0 Å². The maximum Gasteiger partial charge on any atom is 0.264 e. The third-order valence-electron chi connectivity index (χ3n) is 4.26. The number of rotatable bonds is 2. The van der Waals surface area contributed by atoms with E-state index in [-0.39, 0.29) is 17.3 Å². The average Bonchev–Trinajstić information content (AvgIpc) is 2.97. The molecule has 3 rings (SSSR count). The molecule has 5 heteroatoms. The van der Waals surface area contributed by atoms with Crippen molar-refractivity contribution in [3.63, 3.8) is 0 Å². The third-order valence-corrected chi connectivity index (χ3v) is 5.26. The van der Waals surface area contributed by atoms with Gasteiger partial charge in [0.05, 0.1) is 22.7 Å². The van der Waals surface area contributed by atoms with Gasteiger partial charge in [-0.1, -0.05) is 12.8 Å². The molecule has 1 spiro atoms. The predicted octanol–water partition coefficient (Wildman–Crippen LogP) is 3.87. The van der Waals surface area contributed by atoms with Gasteiger partial charge in [0.25, 0.3) is 5.56 Å². The van der Waals surface area contributed by atoms with E-state index in [2.05, 4.69) is 31.9 Å². The van der Waals surface area contributed by atoms with Gasteiger partial charge in [0.1, 0.15) is 0 Å². The molecule has 0 bridgehead atoms. The fourth-order valence-electron chi connectivity index (χ4n) is 3.33. The van der Waals surface area contributed by atoms with Gasteiger partial charge in [0, 0.05) is 10.7 Å². The minimum atomic E-state index is 0.0131. The average molecular weight is 391 g/mol. The predicted molar refractivity (Wildman–Crippen MR) is 81.4 cm³/mol. The summed E-state index contributed by atoms with van der Waals surface area (Å²) in [5, 5.41) is 0. The van der Waals surface area contributed by atoms with Crippen LogP contribution in [0.1, 0.15) is 38.5 Å². The van der Waals surface area contributed by atoms with Gasteiger partial charge in [-0.25, -0.2) is 0 Å². The minimum absolute atomic E-state index is 0.0131. The molecule has 1 saturated carbocycles. The summed E-state index contributed by atoms with van der Waals surface area (Å²) in [5.41, 5.74) is 0.150. The van der Waals surface area contributed by atoms with Crippen LogP contribution in [0.4, 0.5) is 0 Å². The third kappa shape index (κ3) is 2.83. The highest BCUT2D eigenvalue weighted by atomic mass is 79.9. The number of pyridine rings is 1. The Balaban J connectivity index is 1.74. The van der Waals surface area contributed by atoms with E-state index in [1.807, 2.05) is 6.20 Å². The molecule has 0 N–H and O–H groups in total. The van der Waals surface area contributed by atoms with E-state index < -0.39 is 0 Å². The Labute approximate surface area is 129 Å².